The number of amides is 1. The van der Waals surface area contributed by atoms with Crippen molar-refractivity contribution in [1.29, 1.82) is 0 Å². The van der Waals surface area contributed by atoms with Crippen molar-refractivity contribution in [3.8, 4) is 0 Å². The van der Waals surface area contributed by atoms with Crippen LogP contribution >= 0.6 is 0 Å². The van der Waals surface area contributed by atoms with Crippen LogP contribution in [0.2, 0.25) is 0 Å². The number of pyridine rings is 1. The Morgan fingerprint density at radius 2 is 1.62 bits per heavy atom. The molecule has 212 valence electrons. The quantitative estimate of drug-likeness (QED) is 0.373. The minimum atomic E-state index is -4.96. The average Bonchev–Trinajstić information content (AvgIpc) is 2.88. The topological polar surface area (TPSA) is 104 Å². The van der Waals surface area contributed by atoms with Crippen molar-refractivity contribution in [2.75, 3.05) is 31.1 Å². The van der Waals surface area contributed by atoms with E-state index in [1.807, 2.05) is 4.90 Å². The number of rotatable bonds is 5. The van der Waals surface area contributed by atoms with Crippen LogP contribution in [0.3, 0.4) is 0 Å². The van der Waals surface area contributed by atoms with Crippen LogP contribution in [0.5, 0.6) is 0 Å². The number of halogens is 6. The van der Waals surface area contributed by atoms with Crippen molar-refractivity contribution in [2.24, 2.45) is 4.99 Å². The van der Waals surface area contributed by atoms with Gasteiger partial charge >= 0.3 is 12.4 Å². The predicted molar refractivity (Wildman–Crippen MR) is 133 cm³/mol. The van der Waals surface area contributed by atoms with E-state index >= 15 is 0 Å². The first-order valence-electron chi connectivity index (χ1n) is 11.8. The molecule has 1 fully saturated rings. The van der Waals surface area contributed by atoms with E-state index in [-0.39, 0.29) is 30.9 Å². The summed E-state index contributed by atoms with van der Waals surface area (Å²) >= 11 is 0. The highest BCUT2D eigenvalue weighted by Gasteiger charge is 2.37. The van der Waals surface area contributed by atoms with Crippen LogP contribution in [0, 0.1) is 0 Å². The summed E-state index contributed by atoms with van der Waals surface area (Å²) in [5.41, 5.74) is -4.20. The number of alkyl halides is 6. The number of carbonyl (C=O) groups excluding carboxylic acids is 1. The van der Waals surface area contributed by atoms with Crippen molar-refractivity contribution in [3.63, 3.8) is 0 Å². The molecule has 15 heteroatoms. The second-order valence-electron chi connectivity index (χ2n) is 9.01. The van der Waals surface area contributed by atoms with Gasteiger partial charge in [0.15, 0.2) is 0 Å². The Bertz CT molecular complexity index is 1530. The Kier molecular flexibility index (Phi) is 7.84. The smallest absolute Gasteiger partial charge is 0.368 e. The Balaban J connectivity index is 1.41. The maximum atomic E-state index is 13.2. The summed E-state index contributed by atoms with van der Waals surface area (Å²) in [4.78, 5) is 44.4. The molecule has 1 aliphatic rings. The van der Waals surface area contributed by atoms with Gasteiger partial charge in [-0.05, 0) is 37.3 Å². The molecule has 0 atom stereocenters. The number of hydrogen-bond acceptors (Lipinski definition) is 6. The lowest BCUT2D eigenvalue weighted by Crippen LogP contribution is -2.49. The Hall–Kier alpha value is -4.43. The molecule has 40 heavy (non-hydrogen) atoms. The summed E-state index contributed by atoms with van der Waals surface area (Å²) in [6.07, 6.45) is -7.32. The van der Waals surface area contributed by atoms with Gasteiger partial charge in [-0.15, -0.1) is 0 Å². The van der Waals surface area contributed by atoms with Crippen LogP contribution in [0.1, 0.15) is 28.4 Å². The fraction of sp³-hybridized carbons (Fsp3) is 0.320. The largest absolute Gasteiger partial charge is 0.423 e. The predicted octanol–water partition coefficient (Wildman–Crippen LogP) is 3.72. The molecular weight excluding hydrogens is 546 g/mol. The Morgan fingerprint density at radius 1 is 0.975 bits per heavy atom. The molecular formula is C25H22F6N6O3. The first-order valence-corrected chi connectivity index (χ1v) is 11.8. The lowest BCUT2D eigenvalue weighted by atomic mass is 10.1. The zero-order valence-electron chi connectivity index (χ0n) is 20.9. The Labute approximate surface area is 222 Å². The molecule has 3 aromatic rings. The molecule has 2 aromatic heterocycles. The molecule has 0 bridgehead atoms. The van der Waals surface area contributed by atoms with Gasteiger partial charge in [0.2, 0.25) is 0 Å². The van der Waals surface area contributed by atoms with E-state index in [1.165, 1.54) is 36.2 Å². The average molecular weight is 568 g/mol. The number of aromatic nitrogens is 3. The molecule has 4 rings (SSSR count). The minimum Gasteiger partial charge on any atom is -0.368 e. The van der Waals surface area contributed by atoms with Gasteiger partial charge in [0, 0.05) is 55.4 Å². The van der Waals surface area contributed by atoms with E-state index < -0.39 is 46.2 Å². The van der Waals surface area contributed by atoms with Crippen LogP contribution in [0.15, 0.2) is 63.4 Å². The third-order valence-electron chi connectivity index (χ3n) is 6.20. The molecule has 1 saturated heterocycles. The first-order chi connectivity index (χ1) is 18.7. The van der Waals surface area contributed by atoms with E-state index in [2.05, 4.69) is 10.1 Å². The number of piperazine rings is 1. The Morgan fingerprint density at radius 3 is 2.20 bits per heavy atom. The maximum absolute atomic E-state index is 13.2. The van der Waals surface area contributed by atoms with E-state index in [0.29, 0.717) is 18.8 Å². The van der Waals surface area contributed by atoms with E-state index in [4.69, 9.17) is 0 Å². The molecule has 0 radical (unpaired) electrons. The zero-order chi connectivity index (χ0) is 29.2. The molecule has 9 nitrogen and oxygen atoms in total. The lowest BCUT2D eigenvalue weighted by Gasteiger charge is -2.36. The fourth-order valence-electron chi connectivity index (χ4n) is 4.22. The van der Waals surface area contributed by atoms with Crippen LogP contribution in [-0.2, 0) is 18.9 Å². The summed E-state index contributed by atoms with van der Waals surface area (Å²) in [5, 5.41) is 5.06. The van der Waals surface area contributed by atoms with E-state index in [0.717, 1.165) is 29.0 Å². The number of aromatic amines is 1. The van der Waals surface area contributed by atoms with Crippen LogP contribution in [0.25, 0.3) is 0 Å². The molecule has 3 heterocycles. The van der Waals surface area contributed by atoms with Gasteiger partial charge in [0.25, 0.3) is 17.0 Å². The summed E-state index contributed by atoms with van der Waals surface area (Å²) in [6, 6.07) is 7.26. The van der Waals surface area contributed by atoms with Crippen LogP contribution < -0.4 is 16.0 Å². The molecule has 1 amide bonds. The highest BCUT2D eigenvalue weighted by atomic mass is 19.4. The SMILES string of the molecule is CC(Cn1ccc(C(=O)N2CCN(c3ccc(C(F)(F)F)cc3)CC2)cc1=O)=Nc1cn[nH]c(=O)c1C(F)(F)F. The van der Waals surface area contributed by atoms with Gasteiger partial charge < -0.3 is 14.4 Å². The maximum Gasteiger partial charge on any atom is 0.423 e. The van der Waals surface area contributed by atoms with Crippen molar-refractivity contribution in [2.45, 2.75) is 25.8 Å². The van der Waals surface area contributed by atoms with Gasteiger partial charge in [-0.25, -0.2) is 5.10 Å². The monoisotopic (exact) mass is 568 g/mol. The summed E-state index contributed by atoms with van der Waals surface area (Å²) in [7, 11) is 0. The van der Waals surface area contributed by atoms with E-state index in [1.54, 1.807) is 5.10 Å². The molecule has 0 aliphatic carbocycles. The van der Waals surface area contributed by atoms with Gasteiger partial charge in [0.05, 0.1) is 18.3 Å². The normalized spacial score (nSPS) is 14.9. The van der Waals surface area contributed by atoms with Gasteiger partial charge in [-0.1, -0.05) is 0 Å². The molecule has 1 N–H and O–H groups in total. The highest BCUT2D eigenvalue weighted by molar-refractivity contribution is 5.94. The van der Waals surface area contributed by atoms with Gasteiger partial charge in [-0.2, -0.15) is 31.4 Å². The molecule has 0 unspecified atom stereocenters. The fourth-order valence-corrected chi connectivity index (χ4v) is 4.22. The standard InChI is InChI=1S/C25H22F6N6O3/c1-15(33-19-13-32-34-22(39)21(19)25(29,30)31)14-37-7-6-16(12-20(37)38)23(40)36-10-8-35(9-11-36)18-4-2-17(3-5-18)24(26,27)28/h2-7,12-13H,8-11,14H2,1H3,(H,34,39). The second-order valence-corrected chi connectivity index (χ2v) is 9.01. The number of hydrogen-bond donors (Lipinski definition) is 1. The first kappa shape index (κ1) is 28.6. The van der Waals surface area contributed by atoms with Crippen LogP contribution in [0.4, 0.5) is 37.7 Å². The van der Waals surface area contributed by atoms with Gasteiger partial charge in [0.1, 0.15) is 11.3 Å². The number of nitrogens with one attached hydrogen (secondary N) is 1. The summed E-state index contributed by atoms with van der Waals surface area (Å²) in [6.45, 7) is 2.48. The van der Waals surface area contributed by atoms with Crippen LogP contribution in [-0.4, -0.2) is 57.5 Å². The molecule has 1 aliphatic heterocycles. The third-order valence-corrected chi connectivity index (χ3v) is 6.20. The number of aliphatic imine (C=N–C) groups is 1. The van der Waals surface area contributed by atoms with Crippen molar-refractivity contribution in [3.05, 3.63) is 86.2 Å². The lowest BCUT2D eigenvalue weighted by molar-refractivity contribution is -0.138. The number of nitrogens with zero attached hydrogens (tertiary/aromatic N) is 5. The molecule has 1 aromatic carbocycles. The number of anilines is 1. The van der Waals surface area contributed by atoms with Crippen molar-refractivity contribution >= 4 is 23.0 Å². The zero-order valence-corrected chi connectivity index (χ0v) is 20.9. The van der Waals surface area contributed by atoms with Crippen molar-refractivity contribution in [1.82, 2.24) is 19.7 Å². The van der Waals surface area contributed by atoms with E-state index in [9.17, 15) is 40.7 Å². The molecule has 0 saturated carbocycles. The number of benzene rings is 1. The highest BCUT2D eigenvalue weighted by Crippen LogP contribution is 2.33. The van der Waals surface area contributed by atoms with Crippen molar-refractivity contribution < 1.29 is 31.1 Å². The van der Waals surface area contributed by atoms with Gasteiger partial charge in [-0.3, -0.25) is 19.4 Å². The number of carbonyl (C=O) groups is 1. The number of H-pyrrole nitrogens is 1. The third kappa shape index (κ3) is 6.40. The summed E-state index contributed by atoms with van der Waals surface area (Å²) in [5.74, 6) is -0.411. The minimum absolute atomic E-state index is 0.0819. The molecule has 0 spiro atoms. The second kappa shape index (κ2) is 11.0. The summed E-state index contributed by atoms with van der Waals surface area (Å²) < 4.78 is 79.2.